The average molecular weight is 388 g/mol. The van der Waals surface area contributed by atoms with Gasteiger partial charge in [-0.2, -0.15) is 4.98 Å². The molecule has 1 atom stereocenters. The number of nitrogens with zero attached hydrogens (tertiary/aromatic N) is 2. The van der Waals surface area contributed by atoms with E-state index in [0.717, 1.165) is 19.3 Å². The van der Waals surface area contributed by atoms with Gasteiger partial charge in [0.1, 0.15) is 5.75 Å². The molecule has 2 N–H and O–H groups in total. The molecule has 0 bridgehead atoms. The molecule has 1 aromatic heterocycles. The largest absolute Gasteiger partial charge is 0.497 e. The molecule has 3 rings (SSSR count). The van der Waals surface area contributed by atoms with Crippen LogP contribution in [0.5, 0.6) is 5.75 Å². The molecule has 0 radical (unpaired) electrons. The summed E-state index contributed by atoms with van der Waals surface area (Å²) >= 11 is 0. The molecular formula is C16H22ClN3O4S. The van der Waals surface area contributed by atoms with E-state index >= 15 is 0 Å². The van der Waals surface area contributed by atoms with Crippen LogP contribution in [0, 0.1) is 0 Å². The summed E-state index contributed by atoms with van der Waals surface area (Å²) in [5.74, 6) is 0.856. The number of nitrogens with two attached hydrogens (primary N) is 1. The van der Waals surface area contributed by atoms with Crippen LogP contribution in [0.3, 0.4) is 0 Å². The topological polar surface area (TPSA) is 108 Å². The second kappa shape index (κ2) is 7.31. The standard InChI is InChI=1S/C16H21N3O4S.ClH/c1-11(14-18-15(19-23-14)16(17)8-3-9-16)10-24(20,21)13-6-4-12(22-2)5-7-13;/h4-7,11H,3,8-10,17H2,1-2H3;1H. The Morgan fingerprint density at radius 2 is 1.96 bits per heavy atom. The second-order valence-corrected chi connectivity index (χ2v) is 8.36. The summed E-state index contributed by atoms with van der Waals surface area (Å²) in [7, 11) is -1.93. The molecule has 7 nitrogen and oxygen atoms in total. The fraction of sp³-hybridized carbons (Fsp3) is 0.500. The van der Waals surface area contributed by atoms with Gasteiger partial charge in [0, 0.05) is 5.92 Å². The number of ether oxygens (including phenoxy) is 1. The third-order valence-electron chi connectivity index (χ3n) is 4.44. The molecule has 25 heavy (non-hydrogen) atoms. The Morgan fingerprint density at radius 1 is 1.32 bits per heavy atom. The fourth-order valence-electron chi connectivity index (χ4n) is 2.70. The molecule has 1 saturated carbocycles. The Hall–Kier alpha value is -1.64. The summed E-state index contributed by atoms with van der Waals surface area (Å²) in [4.78, 5) is 4.56. The van der Waals surface area contributed by atoms with E-state index in [9.17, 15) is 8.42 Å². The lowest BCUT2D eigenvalue weighted by Gasteiger charge is -2.34. The van der Waals surface area contributed by atoms with Crippen molar-refractivity contribution in [3.05, 3.63) is 36.0 Å². The first kappa shape index (κ1) is 19.7. The van der Waals surface area contributed by atoms with Gasteiger partial charge in [-0.15, -0.1) is 12.4 Å². The third-order valence-corrected chi connectivity index (χ3v) is 6.37. The first-order valence-electron chi connectivity index (χ1n) is 7.84. The number of rotatable bonds is 6. The lowest BCUT2D eigenvalue weighted by atomic mass is 9.77. The van der Waals surface area contributed by atoms with Crippen molar-refractivity contribution in [2.75, 3.05) is 12.9 Å². The van der Waals surface area contributed by atoms with Crippen LogP contribution in [0.15, 0.2) is 33.7 Å². The van der Waals surface area contributed by atoms with E-state index in [1.54, 1.807) is 19.1 Å². The fourth-order valence-corrected chi connectivity index (χ4v) is 4.24. The predicted molar refractivity (Wildman–Crippen MR) is 94.7 cm³/mol. The molecule has 0 saturated heterocycles. The Kier molecular flexibility index (Phi) is 5.75. The van der Waals surface area contributed by atoms with Crippen LogP contribution in [0.4, 0.5) is 0 Å². The summed E-state index contributed by atoms with van der Waals surface area (Å²) in [5.41, 5.74) is 5.65. The molecule has 0 spiro atoms. The molecule has 138 valence electrons. The zero-order chi connectivity index (χ0) is 17.4. The van der Waals surface area contributed by atoms with Gasteiger partial charge in [-0.1, -0.05) is 12.1 Å². The van der Waals surface area contributed by atoms with E-state index in [2.05, 4.69) is 10.1 Å². The Bertz CT molecular complexity index is 816. The zero-order valence-electron chi connectivity index (χ0n) is 14.1. The highest BCUT2D eigenvalue weighted by Gasteiger charge is 2.39. The first-order chi connectivity index (χ1) is 11.3. The molecule has 0 amide bonds. The van der Waals surface area contributed by atoms with Crippen LogP contribution in [0.2, 0.25) is 0 Å². The third kappa shape index (κ3) is 3.96. The van der Waals surface area contributed by atoms with Crippen LogP contribution in [0.25, 0.3) is 0 Å². The van der Waals surface area contributed by atoms with Crippen LogP contribution in [0.1, 0.15) is 43.8 Å². The summed E-state index contributed by atoms with van der Waals surface area (Å²) in [5, 5.41) is 3.93. The van der Waals surface area contributed by atoms with Crippen LogP contribution >= 0.6 is 12.4 Å². The van der Waals surface area contributed by atoms with Gasteiger partial charge in [-0.3, -0.25) is 0 Å². The van der Waals surface area contributed by atoms with Gasteiger partial charge in [-0.25, -0.2) is 8.42 Å². The second-order valence-electron chi connectivity index (χ2n) is 6.32. The number of hydrogen-bond acceptors (Lipinski definition) is 7. The minimum Gasteiger partial charge on any atom is -0.497 e. The van der Waals surface area contributed by atoms with Crippen LogP contribution in [-0.2, 0) is 15.4 Å². The van der Waals surface area contributed by atoms with E-state index in [0.29, 0.717) is 17.5 Å². The summed E-state index contributed by atoms with van der Waals surface area (Å²) in [6, 6.07) is 6.31. The maximum absolute atomic E-state index is 12.5. The van der Waals surface area contributed by atoms with Gasteiger partial charge in [0.25, 0.3) is 0 Å². The molecule has 1 aliphatic rings. The van der Waals surface area contributed by atoms with Crippen molar-refractivity contribution in [3.63, 3.8) is 0 Å². The number of sulfone groups is 1. The molecule has 1 unspecified atom stereocenters. The molecule has 1 fully saturated rings. The quantitative estimate of drug-likeness (QED) is 0.810. The Morgan fingerprint density at radius 3 is 2.48 bits per heavy atom. The van der Waals surface area contributed by atoms with Crippen molar-refractivity contribution in [3.8, 4) is 5.75 Å². The van der Waals surface area contributed by atoms with E-state index < -0.39 is 21.3 Å². The maximum atomic E-state index is 12.5. The molecule has 9 heteroatoms. The van der Waals surface area contributed by atoms with Gasteiger partial charge in [0.15, 0.2) is 15.7 Å². The molecular weight excluding hydrogens is 366 g/mol. The van der Waals surface area contributed by atoms with Crippen molar-refractivity contribution in [2.45, 2.75) is 42.5 Å². The van der Waals surface area contributed by atoms with Gasteiger partial charge in [-0.05, 0) is 43.5 Å². The molecule has 1 aliphatic carbocycles. The van der Waals surface area contributed by atoms with Gasteiger partial charge >= 0.3 is 0 Å². The lowest BCUT2D eigenvalue weighted by Crippen LogP contribution is -2.44. The molecule has 1 heterocycles. The highest BCUT2D eigenvalue weighted by Crippen LogP contribution is 2.37. The molecule has 0 aliphatic heterocycles. The van der Waals surface area contributed by atoms with E-state index in [1.807, 2.05) is 0 Å². The van der Waals surface area contributed by atoms with Gasteiger partial charge < -0.3 is 15.0 Å². The first-order valence-corrected chi connectivity index (χ1v) is 9.49. The van der Waals surface area contributed by atoms with E-state index in [4.69, 9.17) is 15.0 Å². The average Bonchev–Trinajstić information content (AvgIpc) is 3.02. The number of hydrogen-bond donors (Lipinski definition) is 1. The SMILES string of the molecule is COc1ccc(S(=O)(=O)CC(C)c2nc(C3(N)CCC3)no2)cc1.Cl. The van der Waals surface area contributed by atoms with Gasteiger partial charge in [0.05, 0.1) is 23.3 Å². The van der Waals surface area contributed by atoms with Crippen molar-refractivity contribution >= 4 is 22.2 Å². The monoisotopic (exact) mass is 387 g/mol. The van der Waals surface area contributed by atoms with Gasteiger partial charge in [0.2, 0.25) is 5.89 Å². The summed E-state index contributed by atoms with van der Waals surface area (Å²) in [6.07, 6.45) is 2.69. The molecule has 1 aromatic carbocycles. The van der Waals surface area contributed by atoms with Crippen molar-refractivity contribution in [1.82, 2.24) is 10.1 Å². The highest BCUT2D eigenvalue weighted by atomic mass is 35.5. The highest BCUT2D eigenvalue weighted by molar-refractivity contribution is 7.91. The van der Waals surface area contributed by atoms with Crippen molar-refractivity contribution in [2.24, 2.45) is 5.73 Å². The minimum atomic E-state index is -3.47. The normalized spacial score (nSPS) is 17.2. The zero-order valence-corrected chi connectivity index (χ0v) is 15.8. The number of methoxy groups -OCH3 is 1. The molecule has 2 aromatic rings. The van der Waals surface area contributed by atoms with E-state index in [1.165, 1.54) is 19.2 Å². The Labute approximate surface area is 153 Å². The predicted octanol–water partition coefficient (Wildman–Crippen LogP) is 2.42. The summed E-state index contributed by atoms with van der Waals surface area (Å²) < 4.78 is 35.3. The van der Waals surface area contributed by atoms with E-state index in [-0.39, 0.29) is 23.1 Å². The Balaban J connectivity index is 0.00000225. The smallest absolute Gasteiger partial charge is 0.230 e. The van der Waals surface area contributed by atoms with Crippen LogP contribution < -0.4 is 10.5 Å². The lowest BCUT2D eigenvalue weighted by molar-refractivity contribution is 0.228. The maximum Gasteiger partial charge on any atom is 0.230 e. The number of aromatic nitrogens is 2. The van der Waals surface area contributed by atoms with Crippen LogP contribution in [-0.4, -0.2) is 31.4 Å². The van der Waals surface area contributed by atoms with Crippen molar-refractivity contribution < 1.29 is 17.7 Å². The number of halogens is 1. The number of benzene rings is 1. The minimum absolute atomic E-state index is 0. The summed E-state index contributed by atoms with van der Waals surface area (Å²) in [6.45, 7) is 1.75. The van der Waals surface area contributed by atoms with Crippen molar-refractivity contribution in [1.29, 1.82) is 0 Å².